The van der Waals surface area contributed by atoms with Gasteiger partial charge in [-0.2, -0.15) is 0 Å². The van der Waals surface area contributed by atoms with E-state index in [1.165, 1.54) is 5.56 Å². The van der Waals surface area contributed by atoms with E-state index in [-0.39, 0.29) is 6.10 Å². The number of hydrogen-bond donors (Lipinski definition) is 0. The molecule has 0 saturated carbocycles. The lowest BCUT2D eigenvalue weighted by atomic mass is 10.1. The van der Waals surface area contributed by atoms with Crippen LogP contribution in [0.2, 0.25) is 16.6 Å². The molecule has 0 spiro atoms. The third-order valence-electron chi connectivity index (χ3n) is 5.22. The number of benzene rings is 1. The Morgan fingerprint density at radius 3 is 2.00 bits per heavy atom. The van der Waals surface area contributed by atoms with Gasteiger partial charge in [0.25, 0.3) is 0 Å². The Bertz CT molecular complexity index is 568. The third kappa shape index (κ3) is 6.78. The van der Waals surface area contributed by atoms with Gasteiger partial charge >= 0.3 is 0 Å². The summed E-state index contributed by atoms with van der Waals surface area (Å²) in [5.41, 5.74) is 3.20. The maximum atomic E-state index is 6.65. The monoisotopic (exact) mass is 370 g/mol. The molecule has 1 rings (SSSR count). The van der Waals surface area contributed by atoms with Crippen molar-refractivity contribution in [2.75, 3.05) is 0 Å². The van der Waals surface area contributed by atoms with Crippen LogP contribution in [0.15, 0.2) is 42.5 Å². The van der Waals surface area contributed by atoms with Crippen LogP contribution in [0.25, 0.3) is 0 Å². The number of aryl methyl sites for hydroxylation is 1. The van der Waals surface area contributed by atoms with Gasteiger partial charge in [-0.15, -0.1) is 0 Å². The maximum absolute atomic E-state index is 6.65. The molecule has 144 valence electrons. The lowest BCUT2D eigenvalue weighted by Crippen LogP contribution is -2.49. The van der Waals surface area contributed by atoms with Gasteiger partial charge in [0.05, 0.1) is 0 Å². The predicted octanol–water partition coefficient (Wildman–Crippen LogP) is 7.15. The molecule has 1 nitrogen and oxygen atoms in total. The summed E-state index contributed by atoms with van der Waals surface area (Å²) < 4.78 is 6.65. The molecular weight excluding hydrogens is 332 g/mol. The third-order valence-corrected chi connectivity index (χ3v) is 11.4. The van der Waals surface area contributed by atoms with E-state index in [9.17, 15) is 0 Å². The second-order valence-electron chi connectivity index (χ2n) is 8.10. The fraction of sp³-hybridized carbons (Fsp3) is 0.583. The first-order chi connectivity index (χ1) is 12.3. The Balaban J connectivity index is 2.49. The zero-order chi connectivity index (χ0) is 19.6. The fourth-order valence-electron chi connectivity index (χ4n) is 4.10. The van der Waals surface area contributed by atoms with E-state index in [1.807, 2.05) is 0 Å². The SMILES string of the molecule is CC(C)[Si](O[C@@H](C)C#CC/C=C\CCc1ccccc1)(C(C)C)C(C)C. The average molecular weight is 371 g/mol. The second kappa shape index (κ2) is 11.4. The first-order valence-electron chi connectivity index (χ1n) is 10.2. The molecule has 0 aliphatic rings. The van der Waals surface area contributed by atoms with Crippen LogP contribution in [0.4, 0.5) is 0 Å². The maximum Gasteiger partial charge on any atom is 0.202 e. The molecule has 1 aromatic rings. The molecule has 0 bridgehead atoms. The molecule has 26 heavy (non-hydrogen) atoms. The minimum absolute atomic E-state index is 0.0200. The van der Waals surface area contributed by atoms with Crippen LogP contribution in [-0.2, 0) is 10.8 Å². The molecule has 0 radical (unpaired) electrons. The summed E-state index contributed by atoms with van der Waals surface area (Å²) in [5.74, 6) is 6.61. The van der Waals surface area contributed by atoms with Gasteiger partial charge in [0.2, 0.25) is 8.32 Å². The van der Waals surface area contributed by atoms with Gasteiger partial charge < -0.3 is 4.43 Å². The van der Waals surface area contributed by atoms with E-state index in [1.54, 1.807) is 0 Å². The van der Waals surface area contributed by atoms with Crippen molar-refractivity contribution in [3.05, 3.63) is 48.0 Å². The highest BCUT2D eigenvalue weighted by Crippen LogP contribution is 2.42. The van der Waals surface area contributed by atoms with E-state index >= 15 is 0 Å². The smallest absolute Gasteiger partial charge is 0.202 e. The topological polar surface area (TPSA) is 9.23 Å². The molecular formula is C24H38OSi. The Morgan fingerprint density at radius 2 is 1.46 bits per heavy atom. The summed E-state index contributed by atoms with van der Waals surface area (Å²) >= 11 is 0. The summed E-state index contributed by atoms with van der Waals surface area (Å²) in [5, 5.41) is 0. The largest absolute Gasteiger partial charge is 0.403 e. The Kier molecular flexibility index (Phi) is 9.99. The minimum atomic E-state index is -1.83. The predicted molar refractivity (Wildman–Crippen MR) is 118 cm³/mol. The number of rotatable bonds is 9. The van der Waals surface area contributed by atoms with Crippen molar-refractivity contribution in [3.63, 3.8) is 0 Å². The van der Waals surface area contributed by atoms with E-state index < -0.39 is 8.32 Å². The van der Waals surface area contributed by atoms with Crippen LogP contribution in [-0.4, -0.2) is 14.4 Å². The highest BCUT2D eigenvalue weighted by atomic mass is 28.4. The van der Waals surface area contributed by atoms with Gasteiger partial charge in [-0.1, -0.05) is 95.9 Å². The Morgan fingerprint density at radius 1 is 0.885 bits per heavy atom. The molecule has 0 aromatic heterocycles. The molecule has 0 aliphatic heterocycles. The number of allylic oxidation sites excluding steroid dienone is 2. The first kappa shape index (κ1) is 22.7. The van der Waals surface area contributed by atoms with Gasteiger partial charge in [0.15, 0.2) is 0 Å². The van der Waals surface area contributed by atoms with E-state index in [4.69, 9.17) is 4.43 Å². The average Bonchev–Trinajstić information content (AvgIpc) is 2.58. The zero-order valence-corrected chi connectivity index (χ0v) is 18.9. The van der Waals surface area contributed by atoms with Crippen LogP contribution >= 0.6 is 0 Å². The van der Waals surface area contributed by atoms with Gasteiger partial charge in [-0.3, -0.25) is 0 Å². The van der Waals surface area contributed by atoms with Crippen LogP contribution in [0.3, 0.4) is 0 Å². The van der Waals surface area contributed by atoms with Crippen molar-refractivity contribution in [1.82, 2.24) is 0 Å². The number of hydrogen-bond acceptors (Lipinski definition) is 1. The van der Waals surface area contributed by atoms with Crippen molar-refractivity contribution < 1.29 is 4.43 Å². The lowest BCUT2D eigenvalue weighted by Gasteiger charge is -2.43. The quantitative estimate of drug-likeness (QED) is 0.255. The molecule has 0 fully saturated rings. The Labute approximate surface area is 163 Å². The molecule has 1 atom stereocenters. The normalized spacial score (nSPS) is 13.5. The van der Waals surface area contributed by atoms with Gasteiger partial charge in [0, 0.05) is 6.42 Å². The van der Waals surface area contributed by atoms with Crippen molar-refractivity contribution in [2.45, 2.75) is 90.5 Å². The minimum Gasteiger partial charge on any atom is -0.403 e. The first-order valence-corrected chi connectivity index (χ1v) is 12.3. The van der Waals surface area contributed by atoms with Crippen molar-refractivity contribution >= 4 is 8.32 Å². The van der Waals surface area contributed by atoms with E-state index in [0.29, 0.717) is 16.6 Å². The summed E-state index contributed by atoms with van der Waals surface area (Å²) in [4.78, 5) is 0. The lowest BCUT2D eigenvalue weighted by molar-refractivity contribution is 0.242. The molecule has 2 heteroatoms. The summed E-state index contributed by atoms with van der Waals surface area (Å²) in [6, 6.07) is 10.6. The summed E-state index contributed by atoms with van der Waals surface area (Å²) in [7, 11) is -1.83. The van der Waals surface area contributed by atoms with Crippen molar-refractivity contribution in [2.24, 2.45) is 0 Å². The molecule has 0 saturated heterocycles. The van der Waals surface area contributed by atoms with Gasteiger partial charge in [0.1, 0.15) is 6.10 Å². The van der Waals surface area contributed by atoms with Crippen LogP contribution < -0.4 is 0 Å². The van der Waals surface area contributed by atoms with Crippen LogP contribution in [0.1, 0.15) is 66.9 Å². The Hall–Kier alpha value is -1.30. The molecule has 0 aliphatic carbocycles. The molecule has 0 amide bonds. The highest BCUT2D eigenvalue weighted by Gasteiger charge is 2.45. The van der Waals surface area contributed by atoms with E-state index in [0.717, 1.165) is 19.3 Å². The molecule has 1 aromatic carbocycles. The van der Waals surface area contributed by atoms with Gasteiger partial charge in [-0.25, -0.2) is 0 Å². The fourth-order valence-corrected chi connectivity index (χ4v) is 9.59. The molecule has 0 N–H and O–H groups in total. The summed E-state index contributed by atoms with van der Waals surface area (Å²) in [6.45, 7) is 16.0. The molecule has 0 unspecified atom stereocenters. The molecule has 0 heterocycles. The van der Waals surface area contributed by atoms with Crippen LogP contribution in [0, 0.1) is 11.8 Å². The van der Waals surface area contributed by atoms with E-state index in [2.05, 4.69) is 103 Å². The zero-order valence-electron chi connectivity index (χ0n) is 17.9. The van der Waals surface area contributed by atoms with Gasteiger partial charge in [-0.05, 0) is 42.0 Å². The summed E-state index contributed by atoms with van der Waals surface area (Å²) in [6.07, 6.45) is 7.41. The van der Waals surface area contributed by atoms with Crippen molar-refractivity contribution in [1.29, 1.82) is 0 Å². The van der Waals surface area contributed by atoms with Crippen molar-refractivity contribution in [3.8, 4) is 11.8 Å². The standard InChI is InChI=1S/C24H38OSi/c1-20(2)26(21(3)4,22(5)6)25-23(7)16-12-9-8-10-13-17-24-18-14-11-15-19-24/h8,10-11,14-15,18-23H,9,13,17H2,1-7H3/b10-8-/t23-/m0/s1. The highest BCUT2D eigenvalue weighted by molar-refractivity contribution is 6.77. The van der Waals surface area contributed by atoms with Crippen LogP contribution in [0.5, 0.6) is 0 Å². The second-order valence-corrected chi connectivity index (χ2v) is 13.5.